The van der Waals surface area contributed by atoms with Crippen molar-refractivity contribution in [1.82, 2.24) is 14.8 Å². The highest BCUT2D eigenvalue weighted by Gasteiger charge is 2.12. The van der Waals surface area contributed by atoms with E-state index < -0.39 is 5.91 Å². The molecule has 0 radical (unpaired) electrons. The van der Waals surface area contributed by atoms with E-state index in [1.807, 2.05) is 6.07 Å². The van der Waals surface area contributed by atoms with E-state index in [1.54, 1.807) is 36.7 Å². The number of nitriles is 1. The molecule has 112 valence electrons. The molecule has 0 atom stereocenters. The average molecular weight is 305 g/mol. The van der Waals surface area contributed by atoms with E-state index in [0.29, 0.717) is 11.4 Å². The van der Waals surface area contributed by atoms with Crippen molar-refractivity contribution >= 4 is 11.6 Å². The highest BCUT2D eigenvalue weighted by molar-refractivity contribution is 6.03. The highest BCUT2D eigenvalue weighted by atomic mass is 16.3. The molecular weight excluding hydrogens is 294 g/mol. The molecule has 0 aliphatic heterocycles. The summed E-state index contributed by atoms with van der Waals surface area (Å²) in [5.74, 6) is -0.123. The third-order valence-electron chi connectivity index (χ3n) is 3.08. The Hall–Kier alpha value is -3.66. The molecule has 0 saturated heterocycles. The van der Waals surface area contributed by atoms with Gasteiger partial charge in [0.1, 0.15) is 11.4 Å². The lowest BCUT2D eigenvalue weighted by atomic mass is 10.2. The third kappa shape index (κ3) is 3.01. The van der Waals surface area contributed by atoms with Crippen LogP contribution in [0.15, 0.2) is 54.9 Å². The van der Waals surface area contributed by atoms with Gasteiger partial charge in [-0.25, -0.2) is 9.67 Å². The molecule has 0 saturated carbocycles. The summed E-state index contributed by atoms with van der Waals surface area (Å²) in [6.45, 7) is 0. The minimum Gasteiger partial charge on any atom is -0.506 e. The van der Waals surface area contributed by atoms with Crippen molar-refractivity contribution in [1.29, 1.82) is 5.26 Å². The maximum Gasteiger partial charge on any atom is 0.274 e. The first-order valence-corrected chi connectivity index (χ1v) is 6.69. The predicted octanol–water partition coefficient (Wildman–Crippen LogP) is 2.10. The number of nitrogens with one attached hydrogen (secondary N) is 1. The number of aromatic nitrogens is 3. The third-order valence-corrected chi connectivity index (χ3v) is 3.08. The summed E-state index contributed by atoms with van der Waals surface area (Å²) in [6, 6.07) is 12.9. The van der Waals surface area contributed by atoms with Crippen molar-refractivity contribution in [2.24, 2.45) is 0 Å². The number of nitrogens with zero attached hydrogens (tertiary/aromatic N) is 4. The molecule has 3 rings (SSSR count). The predicted molar refractivity (Wildman–Crippen MR) is 82.1 cm³/mol. The number of phenolic OH excluding ortho intramolecular Hbond substituents is 1. The zero-order valence-electron chi connectivity index (χ0n) is 11.8. The monoisotopic (exact) mass is 305 g/mol. The Bertz CT molecular complexity index is 897. The smallest absolute Gasteiger partial charge is 0.274 e. The molecule has 23 heavy (non-hydrogen) atoms. The lowest BCUT2D eigenvalue weighted by Gasteiger charge is -2.08. The van der Waals surface area contributed by atoms with E-state index in [-0.39, 0.29) is 17.1 Å². The first kappa shape index (κ1) is 14.3. The summed E-state index contributed by atoms with van der Waals surface area (Å²) < 4.78 is 1.53. The van der Waals surface area contributed by atoms with Crippen LogP contribution < -0.4 is 5.32 Å². The molecule has 1 aromatic carbocycles. The second-order valence-corrected chi connectivity index (χ2v) is 4.63. The number of amides is 1. The van der Waals surface area contributed by atoms with Gasteiger partial charge in [-0.3, -0.25) is 4.79 Å². The minimum atomic E-state index is -0.496. The summed E-state index contributed by atoms with van der Waals surface area (Å²) in [4.78, 5) is 16.5. The number of carbonyl (C=O) groups excluding carboxylic acids is 1. The van der Waals surface area contributed by atoms with E-state index in [0.717, 1.165) is 0 Å². The number of hydrogen-bond donors (Lipinski definition) is 2. The molecule has 2 aromatic heterocycles. The number of hydrogen-bond acceptors (Lipinski definition) is 5. The van der Waals surface area contributed by atoms with E-state index in [9.17, 15) is 9.90 Å². The molecule has 3 aromatic rings. The van der Waals surface area contributed by atoms with E-state index in [2.05, 4.69) is 15.4 Å². The largest absolute Gasteiger partial charge is 0.506 e. The van der Waals surface area contributed by atoms with E-state index in [4.69, 9.17) is 5.26 Å². The molecule has 2 N–H and O–H groups in total. The summed E-state index contributed by atoms with van der Waals surface area (Å²) in [7, 11) is 0. The zero-order valence-corrected chi connectivity index (χ0v) is 11.8. The highest BCUT2D eigenvalue weighted by Crippen LogP contribution is 2.24. The average Bonchev–Trinajstić information content (AvgIpc) is 3.11. The van der Waals surface area contributed by atoms with Gasteiger partial charge in [-0.15, -0.1) is 0 Å². The fourth-order valence-electron chi connectivity index (χ4n) is 1.97. The van der Waals surface area contributed by atoms with Crippen LogP contribution in [0.4, 0.5) is 5.69 Å². The van der Waals surface area contributed by atoms with Crippen molar-refractivity contribution in [3.05, 3.63) is 66.1 Å². The molecule has 7 heteroatoms. The molecule has 2 heterocycles. The standard InChI is InChI=1S/C16H11N5O2/c17-10-11-5-6-14(22)13(9-11)20-16(23)12-3-1-4-15(19-12)21-8-2-7-18-21/h1-9,22H,(H,20,23). The molecule has 0 unspecified atom stereocenters. The molecule has 0 spiro atoms. The van der Waals surface area contributed by atoms with Crippen LogP contribution in [-0.2, 0) is 0 Å². The Morgan fingerprint density at radius 1 is 1.26 bits per heavy atom. The number of pyridine rings is 1. The van der Waals surface area contributed by atoms with Crippen LogP contribution >= 0.6 is 0 Å². The maximum absolute atomic E-state index is 12.3. The number of rotatable bonds is 3. The summed E-state index contributed by atoms with van der Waals surface area (Å²) in [5.41, 5.74) is 0.649. The van der Waals surface area contributed by atoms with Crippen molar-refractivity contribution in [3.8, 4) is 17.6 Å². The Kier molecular flexibility index (Phi) is 3.72. The van der Waals surface area contributed by atoms with Gasteiger partial charge in [0.15, 0.2) is 5.82 Å². The number of phenols is 1. The van der Waals surface area contributed by atoms with Crippen LogP contribution in [-0.4, -0.2) is 25.8 Å². The first-order chi connectivity index (χ1) is 11.2. The second-order valence-electron chi connectivity index (χ2n) is 4.63. The molecule has 0 bridgehead atoms. The SMILES string of the molecule is N#Cc1ccc(O)c(NC(=O)c2cccc(-n3cccn3)n2)c1. The number of anilines is 1. The summed E-state index contributed by atoms with van der Waals surface area (Å²) in [5, 5.41) is 25.2. The number of benzene rings is 1. The van der Waals surface area contributed by atoms with Gasteiger partial charge in [-0.05, 0) is 36.4 Å². The molecule has 7 nitrogen and oxygen atoms in total. The van der Waals surface area contributed by atoms with Crippen molar-refractivity contribution in [3.63, 3.8) is 0 Å². The molecule has 0 aliphatic rings. The molecule has 0 fully saturated rings. The van der Waals surface area contributed by atoms with Crippen LogP contribution in [0.25, 0.3) is 5.82 Å². The van der Waals surface area contributed by atoms with Gasteiger partial charge in [-0.2, -0.15) is 10.4 Å². The normalized spacial score (nSPS) is 10.0. The van der Waals surface area contributed by atoms with Gasteiger partial charge in [0.05, 0.1) is 17.3 Å². The molecule has 1 amide bonds. The van der Waals surface area contributed by atoms with Gasteiger partial charge >= 0.3 is 0 Å². The minimum absolute atomic E-state index is 0.124. The van der Waals surface area contributed by atoms with E-state index >= 15 is 0 Å². The van der Waals surface area contributed by atoms with Crippen LogP contribution in [0.3, 0.4) is 0 Å². The number of aromatic hydroxyl groups is 1. The lowest BCUT2D eigenvalue weighted by Crippen LogP contribution is -2.15. The fraction of sp³-hybridized carbons (Fsp3) is 0. The molecule has 0 aliphatic carbocycles. The molecular formula is C16H11N5O2. The van der Waals surface area contributed by atoms with Crippen LogP contribution in [0, 0.1) is 11.3 Å². The second kappa shape index (κ2) is 5.99. The zero-order chi connectivity index (χ0) is 16.2. The van der Waals surface area contributed by atoms with Crippen LogP contribution in [0.1, 0.15) is 16.1 Å². The van der Waals surface area contributed by atoms with Gasteiger partial charge < -0.3 is 10.4 Å². The first-order valence-electron chi connectivity index (χ1n) is 6.69. The van der Waals surface area contributed by atoms with Crippen LogP contribution in [0.5, 0.6) is 5.75 Å². The lowest BCUT2D eigenvalue weighted by molar-refractivity contribution is 0.102. The van der Waals surface area contributed by atoms with E-state index in [1.165, 1.54) is 22.9 Å². The Morgan fingerprint density at radius 2 is 2.13 bits per heavy atom. The maximum atomic E-state index is 12.3. The van der Waals surface area contributed by atoms with Gasteiger partial charge in [0.2, 0.25) is 0 Å². The van der Waals surface area contributed by atoms with Crippen molar-refractivity contribution in [2.75, 3.05) is 5.32 Å². The van der Waals surface area contributed by atoms with Crippen LogP contribution in [0.2, 0.25) is 0 Å². The van der Waals surface area contributed by atoms with Crippen molar-refractivity contribution < 1.29 is 9.90 Å². The van der Waals surface area contributed by atoms with Gasteiger partial charge in [-0.1, -0.05) is 6.07 Å². The topological polar surface area (TPSA) is 104 Å². The Balaban J connectivity index is 1.87. The van der Waals surface area contributed by atoms with Gasteiger partial charge in [0, 0.05) is 12.4 Å². The van der Waals surface area contributed by atoms with Gasteiger partial charge in [0.25, 0.3) is 5.91 Å². The Labute approximate surface area is 131 Å². The number of carbonyl (C=O) groups is 1. The quantitative estimate of drug-likeness (QED) is 0.721. The Morgan fingerprint density at radius 3 is 2.87 bits per heavy atom. The summed E-state index contributed by atoms with van der Waals surface area (Å²) >= 11 is 0. The summed E-state index contributed by atoms with van der Waals surface area (Å²) in [6.07, 6.45) is 3.33. The van der Waals surface area contributed by atoms with Crippen molar-refractivity contribution in [2.45, 2.75) is 0 Å². The fourth-order valence-corrected chi connectivity index (χ4v) is 1.97.